The first-order valence-electron chi connectivity index (χ1n) is 9.76. The summed E-state index contributed by atoms with van der Waals surface area (Å²) in [5.41, 5.74) is 1.53. The van der Waals surface area contributed by atoms with Crippen molar-refractivity contribution in [3.63, 3.8) is 0 Å². The van der Waals surface area contributed by atoms with E-state index in [0.717, 1.165) is 24.8 Å². The van der Waals surface area contributed by atoms with Gasteiger partial charge in [-0.1, -0.05) is 62.8 Å². The summed E-state index contributed by atoms with van der Waals surface area (Å²) in [7, 11) is 0. The molecule has 0 N–H and O–H groups in total. The summed E-state index contributed by atoms with van der Waals surface area (Å²) in [4.78, 5) is 24.6. The molecule has 2 aromatic carbocycles. The topological polar surface area (TPSA) is 52.6 Å². The lowest BCUT2D eigenvalue weighted by atomic mass is 10.1. The van der Waals surface area contributed by atoms with Gasteiger partial charge in [-0.3, -0.25) is 0 Å². The Morgan fingerprint density at radius 1 is 0.893 bits per heavy atom. The first kappa shape index (κ1) is 22.0. The molecule has 0 unspecified atom stereocenters. The molecule has 0 atom stereocenters. The van der Waals surface area contributed by atoms with Crippen LogP contribution in [0.2, 0.25) is 5.02 Å². The van der Waals surface area contributed by atoms with Crippen molar-refractivity contribution in [1.82, 2.24) is 0 Å². The second-order valence-electron chi connectivity index (χ2n) is 6.81. The summed E-state index contributed by atoms with van der Waals surface area (Å²) in [6.07, 6.45) is 6.74. The molecule has 0 fully saturated rings. The molecule has 0 amide bonds. The number of hydrogen-bond acceptors (Lipinski definition) is 4. The van der Waals surface area contributed by atoms with E-state index in [-0.39, 0.29) is 5.56 Å². The van der Waals surface area contributed by atoms with Gasteiger partial charge in [-0.05, 0) is 49.2 Å². The van der Waals surface area contributed by atoms with Crippen molar-refractivity contribution in [3.8, 4) is 5.75 Å². The maximum atomic E-state index is 12.4. The van der Waals surface area contributed by atoms with Crippen LogP contribution in [0.3, 0.4) is 0 Å². The van der Waals surface area contributed by atoms with Crippen LogP contribution in [0.15, 0.2) is 42.5 Å². The molecule has 2 aromatic rings. The van der Waals surface area contributed by atoms with E-state index >= 15 is 0 Å². The highest BCUT2D eigenvalue weighted by molar-refractivity contribution is 6.32. The smallest absolute Gasteiger partial charge is 0.343 e. The molecular weight excluding hydrogens is 376 g/mol. The quantitative estimate of drug-likeness (QED) is 0.262. The van der Waals surface area contributed by atoms with E-state index in [2.05, 4.69) is 6.92 Å². The Hall–Kier alpha value is -2.33. The van der Waals surface area contributed by atoms with Crippen LogP contribution in [0.25, 0.3) is 0 Å². The first-order valence-corrected chi connectivity index (χ1v) is 10.1. The Labute approximate surface area is 171 Å². The maximum Gasteiger partial charge on any atom is 0.343 e. The lowest BCUT2D eigenvalue weighted by molar-refractivity contribution is 0.0497. The predicted molar refractivity (Wildman–Crippen MR) is 111 cm³/mol. The number of hydrogen-bond donors (Lipinski definition) is 0. The molecular formula is C23H27ClO4. The fraction of sp³-hybridized carbons (Fsp3) is 0.391. The van der Waals surface area contributed by atoms with E-state index in [0.29, 0.717) is 22.9 Å². The normalized spacial score (nSPS) is 10.5. The fourth-order valence-corrected chi connectivity index (χ4v) is 2.91. The zero-order chi connectivity index (χ0) is 20.4. The largest absolute Gasteiger partial charge is 0.462 e. The van der Waals surface area contributed by atoms with Crippen LogP contribution in [0.4, 0.5) is 0 Å². The van der Waals surface area contributed by atoms with Crippen LogP contribution >= 0.6 is 11.6 Å². The Bertz CT molecular complexity index is 801. The van der Waals surface area contributed by atoms with Crippen LogP contribution in [-0.4, -0.2) is 18.5 Å². The number of halogens is 1. The summed E-state index contributed by atoms with van der Waals surface area (Å²) < 4.78 is 10.7. The number of carbonyl (C=O) groups is 2. The van der Waals surface area contributed by atoms with Gasteiger partial charge >= 0.3 is 11.9 Å². The number of aryl methyl sites for hydroxylation is 1. The standard InChI is InChI=1S/C23H27ClO4/c1-3-4-5-6-7-8-14-27-22(25)18-10-9-11-19(16-18)23(26)28-21-15-17(2)12-13-20(21)24/h9-13,15-16H,3-8,14H2,1-2H3. The van der Waals surface area contributed by atoms with Crippen molar-refractivity contribution >= 4 is 23.5 Å². The third-order valence-electron chi connectivity index (χ3n) is 4.35. The number of rotatable bonds is 10. The Balaban J connectivity index is 1.89. The van der Waals surface area contributed by atoms with Crippen LogP contribution in [0.5, 0.6) is 5.75 Å². The summed E-state index contributed by atoms with van der Waals surface area (Å²) in [5.74, 6) is -0.711. The molecule has 0 aromatic heterocycles. The number of carbonyl (C=O) groups excluding carboxylic acids is 2. The molecule has 0 aliphatic carbocycles. The van der Waals surface area contributed by atoms with Crippen molar-refractivity contribution in [1.29, 1.82) is 0 Å². The number of ether oxygens (including phenoxy) is 2. The molecule has 0 spiro atoms. The lowest BCUT2D eigenvalue weighted by Gasteiger charge is -2.09. The second kappa shape index (κ2) is 11.5. The van der Waals surface area contributed by atoms with E-state index in [1.54, 1.807) is 30.3 Å². The molecule has 0 heterocycles. The fourth-order valence-electron chi connectivity index (χ4n) is 2.75. The molecule has 0 bridgehead atoms. The number of unbranched alkanes of at least 4 members (excludes halogenated alkanes) is 5. The van der Waals surface area contributed by atoms with Crippen LogP contribution in [0, 0.1) is 6.92 Å². The van der Waals surface area contributed by atoms with Crippen LogP contribution < -0.4 is 4.74 Å². The minimum absolute atomic E-state index is 0.270. The molecule has 4 nitrogen and oxygen atoms in total. The first-order chi connectivity index (χ1) is 13.5. The minimum atomic E-state index is -0.571. The van der Waals surface area contributed by atoms with E-state index in [9.17, 15) is 9.59 Å². The van der Waals surface area contributed by atoms with Gasteiger partial charge in [-0.25, -0.2) is 9.59 Å². The van der Waals surface area contributed by atoms with E-state index in [1.807, 2.05) is 13.0 Å². The summed E-state index contributed by atoms with van der Waals surface area (Å²) in [5, 5.41) is 0.355. The number of esters is 2. The highest BCUT2D eigenvalue weighted by Gasteiger charge is 2.14. The summed E-state index contributed by atoms with van der Waals surface area (Å²) in [6, 6.07) is 11.5. The average Bonchev–Trinajstić information content (AvgIpc) is 2.70. The maximum absolute atomic E-state index is 12.4. The van der Waals surface area contributed by atoms with Gasteiger partial charge in [0.2, 0.25) is 0 Å². The van der Waals surface area contributed by atoms with Crippen molar-refractivity contribution in [2.24, 2.45) is 0 Å². The zero-order valence-electron chi connectivity index (χ0n) is 16.5. The molecule has 0 aliphatic rings. The molecule has 2 rings (SSSR count). The van der Waals surface area contributed by atoms with Crippen LogP contribution in [0.1, 0.15) is 71.7 Å². The predicted octanol–water partition coefficient (Wildman–Crippen LogP) is 6.38. The third-order valence-corrected chi connectivity index (χ3v) is 4.67. The highest BCUT2D eigenvalue weighted by Crippen LogP contribution is 2.26. The van der Waals surface area contributed by atoms with E-state index in [4.69, 9.17) is 21.1 Å². The lowest BCUT2D eigenvalue weighted by Crippen LogP contribution is -2.12. The molecule has 0 radical (unpaired) electrons. The van der Waals surface area contributed by atoms with Crippen molar-refractivity contribution in [2.75, 3.05) is 6.61 Å². The molecule has 0 saturated heterocycles. The van der Waals surface area contributed by atoms with Gasteiger partial charge in [0.25, 0.3) is 0 Å². The SMILES string of the molecule is CCCCCCCCOC(=O)c1cccc(C(=O)Oc2cc(C)ccc2Cl)c1. The molecule has 150 valence electrons. The van der Waals surface area contributed by atoms with Gasteiger partial charge in [-0.2, -0.15) is 0 Å². The van der Waals surface area contributed by atoms with Gasteiger partial charge in [0.05, 0.1) is 22.8 Å². The molecule has 28 heavy (non-hydrogen) atoms. The monoisotopic (exact) mass is 402 g/mol. The highest BCUT2D eigenvalue weighted by atomic mass is 35.5. The Kier molecular flexibility index (Phi) is 9.02. The number of benzene rings is 2. The van der Waals surface area contributed by atoms with Gasteiger partial charge in [-0.15, -0.1) is 0 Å². The van der Waals surface area contributed by atoms with Gasteiger partial charge in [0.15, 0.2) is 0 Å². The summed E-state index contributed by atoms with van der Waals surface area (Å²) >= 11 is 6.07. The average molecular weight is 403 g/mol. The van der Waals surface area contributed by atoms with Crippen molar-refractivity contribution in [3.05, 3.63) is 64.2 Å². The van der Waals surface area contributed by atoms with Gasteiger partial charge < -0.3 is 9.47 Å². The Morgan fingerprint density at radius 2 is 1.57 bits per heavy atom. The summed E-state index contributed by atoms with van der Waals surface area (Å²) in [6.45, 7) is 4.45. The zero-order valence-corrected chi connectivity index (χ0v) is 17.3. The Morgan fingerprint density at radius 3 is 2.32 bits per heavy atom. The third kappa shape index (κ3) is 7.01. The van der Waals surface area contributed by atoms with E-state index < -0.39 is 11.9 Å². The molecule has 5 heteroatoms. The van der Waals surface area contributed by atoms with Crippen LogP contribution in [-0.2, 0) is 4.74 Å². The van der Waals surface area contributed by atoms with E-state index in [1.165, 1.54) is 25.3 Å². The molecule has 0 saturated carbocycles. The van der Waals surface area contributed by atoms with Gasteiger partial charge in [0, 0.05) is 0 Å². The van der Waals surface area contributed by atoms with Crippen molar-refractivity contribution < 1.29 is 19.1 Å². The van der Waals surface area contributed by atoms with Gasteiger partial charge in [0.1, 0.15) is 5.75 Å². The second-order valence-corrected chi connectivity index (χ2v) is 7.22. The minimum Gasteiger partial charge on any atom is -0.462 e. The van der Waals surface area contributed by atoms with Crippen molar-refractivity contribution in [2.45, 2.75) is 52.4 Å². The molecule has 0 aliphatic heterocycles.